The smallest absolute Gasteiger partial charge is 0.110 e. The van der Waals surface area contributed by atoms with Crippen LogP contribution in [0.4, 0.5) is 0 Å². The molecule has 0 aliphatic carbocycles. The monoisotopic (exact) mass is 98.0 g/mol. The second kappa shape index (κ2) is 2.67. The Morgan fingerprint density at radius 3 is 2.50 bits per heavy atom. The van der Waals surface area contributed by atoms with E-state index in [2.05, 4.69) is 23.6 Å². The van der Waals surface area contributed by atoms with Crippen molar-refractivity contribution in [2.75, 3.05) is 0 Å². The van der Waals surface area contributed by atoms with Crippen molar-refractivity contribution in [1.29, 1.82) is 0 Å². The number of nitrogens with zero attached hydrogens (tertiary/aromatic N) is 1. The normalized spacial score (nSPS) is 6.00. The number of thiocarbonyl (C=S) groups is 1. The zero-order valence-electron chi connectivity index (χ0n) is 3.43. The molecule has 1 radical (unpaired) electrons. The van der Waals surface area contributed by atoms with E-state index in [0.717, 1.165) is 0 Å². The third-order valence-corrected chi connectivity index (χ3v) is 0.313. The van der Waals surface area contributed by atoms with Gasteiger partial charge in [-0.15, -0.1) is 0 Å². The Hall–Kier alpha value is -0.550. The predicted molar refractivity (Wildman–Crippen MR) is 29.2 cm³/mol. The highest BCUT2D eigenvalue weighted by atomic mass is 32.1. The van der Waals surface area contributed by atoms with Crippen molar-refractivity contribution >= 4 is 17.2 Å². The van der Waals surface area contributed by atoms with Crippen LogP contribution in [-0.2, 0) is 0 Å². The molecule has 0 heterocycles. The molecule has 0 aliphatic rings. The molecule has 1 nitrogen and oxygen atoms in total. The summed E-state index contributed by atoms with van der Waals surface area (Å²) in [5, 5.41) is 3.38. The quantitative estimate of drug-likeness (QED) is 0.318. The van der Waals surface area contributed by atoms with Crippen molar-refractivity contribution in [1.82, 2.24) is 5.32 Å². The first kappa shape index (κ1) is 5.45. The maximum Gasteiger partial charge on any atom is 0.110 e. The standard InChI is InChI=1S/C4H4NS/c1-3-5-4(2)6/h1H,2H3. The van der Waals surface area contributed by atoms with Crippen LogP contribution in [0.25, 0.3) is 0 Å². The summed E-state index contributed by atoms with van der Waals surface area (Å²) in [7, 11) is 0. The molecule has 0 bridgehead atoms. The summed E-state index contributed by atoms with van der Waals surface area (Å²) < 4.78 is 0. The largest absolute Gasteiger partial charge is 0.191 e. The molecule has 6 heavy (non-hydrogen) atoms. The Labute approximate surface area is 42.7 Å². The molecule has 31 valence electrons. The van der Waals surface area contributed by atoms with Gasteiger partial charge in [-0.3, -0.25) is 0 Å². The van der Waals surface area contributed by atoms with Gasteiger partial charge in [0.05, 0.1) is 0 Å². The molecule has 0 N–H and O–H groups in total. The Kier molecular flexibility index (Phi) is 2.43. The minimum absolute atomic E-state index is 0.512. The average molecular weight is 98.2 g/mol. The minimum Gasteiger partial charge on any atom is -0.191 e. The van der Waals surface area contributed by atoms with E-state index in [4.69, 9.17) is 6.42 Å². The second-order valence-corrected chi connectivity index (χ2v) is 1.35. The Morgan fingerprint density at radius 1 is 2.00 bits per heavy atom. The van der Waals surface area contributed by atoms with Gasteiger partial charge in [-0.05, 0) is 6.92 Å². The van der Waals surface area contributed by atoms with Crippen LogP contribution in [0.5, 0.6) is 0 Å². The lowest BCUT2D eigenvalue weighted by Gasteiger charge is -1.78. The molecule has 0 unspecified atom stereocenters. The van der Waals surface area contributed by atoms with E-state index < -0.39 is 0 Å². The summed E-state index contributed by atoms with van der Waals surface area (Å²) in [5.74, 6) is 0. The van der Waals surface area contributed by atoms with Crippen molar-refractivity contribution < 1.29 is 0 Å². The van der Waals surface area contributed by atoms with Gasteiger partial charge in [-0.25, -0.2) is 0 Å². The van der Waals surface area contributed by atoms with Gasteiger partial charge in [0.25, 0.3) is 0 Å². The van der Waals surface area contributed by atoms with Gasteiger partial charge >= 0.3 is 0 Å². The van der Waals surface area contributed by atoms with Gasteiger partial charge in [0.2, 0.25) is 0 Å². The van der Waals surface area contributed by atoms with Crippen LogP contribution in [0, 0.1) is 12.5 Å². The van der Waals surface area contributed by atoms with Crippen molar-refractivity contribution in [2.45, 2.75) is 6.92 Å². The number of terminal acetylenes is 1. The van der Waals surface area contributed by atoms with Gasteiger partial charge in [0.15, 0.2) is 0 Å². The Bertz CT molecular complexity index is 90.2. The maximum absolute atomic E-state index is 4.73. The minimum atomic E-state index is 0.512. The Morgan fingerprint density at radius 2 is 2.50 bits per heavy atom. The van der Waals surface area contributed by atoms with Crippen LogP contribution in [0.3, 0.4) is 0 Å². The molecule has 0 aromatic carbocycles. The van der Waals surface area contributed by atoms with E-state index in [0.29, 0.717) is 4.99 Å². The first-order chi connectivity index (χ1) is 2.77. The first-order valence-corrected chi connectivity index (χ1v) is 1.85. The van der Waals surface area contributed by atoms with Crippen LogP contribution in [0.2, 0.25) is 0 Å². The molecule has 0 aliphatic heterocycles. The van der Waals surface area contributed by atoms with Crippen molar-refractivity contribution in [3.63, 3.8) is 0 Å². The molecule has 2 heteroatoms. The van der Waals surface area contributed by atoms with Gasteiger partial charge in [0, 0.05) is 6.04 Å². The molecular weight excluding hydrogens is 94.1 g/mol. The topological polar surface area (TPSA) is 14.1 Å². The summed E-state index contributed by atoms with van der Waals surface area (Å²) in [6.07, 6.45) is 4.73. The highest BCUT2D eigenvalue weighted by Crippen LogP contribution is 1.63. The zero-order chi connectivity index (χ0) is 4.99. The molecular formula is C4H4NS. The molecule has 0 saturated heterocycles. The molecule has 0 aromatic rings. The van der Waals surface area contributed by atoms with Crippen LogP contribution >= 0.6 is 12.2 Å². The number of hydrogen-bond donors (Lipinski definition) is 0. The molecule has 0 spiro atoms. The summed E-state index contributed by atoms with van der Waals surface area (Å²) in [6.45, 7) is 1.68. The van der Waals surface area contributed by atoms with E-state index in [9.17, 15) is 0 Å². The van der Waals surface area contributed by atoms with Gasteiger partial charge < -0.3 is 0 Å². The maximum atomic E-state index is 4.73. The molecule has 0 fully saturated rings. The van der Waals surface area contributed by atoms with E-state index in [1.54, 1.807) is 6.92 Å². The van der Waals surface area contributed by atoms with Crippen LogP contribution in [0.1, 0.15) is 6.92 Å². The van der Waals surface area contributed by atoms with E-state index in [1.165, 1.54) is 0 Å². The first-order valence-electron chi connectivity index (χ1n) is 1.44. The summed E-state index contributed by atoms with van der Waals surface area (Å²) >= 11 is 4.49. The third-order valence-electron chi connectivity index (χ3n) is 0.222. The van der Waals surface area contributed by atoms with Crippen LogP contribution in [-0.4, -0.2) is 4.99 Å². The lowest BCUT2D eigenvalue weighted by molar-refractivity contribution is 1.35. The highest BCUT2D eigenvalue weighted by molar-refractivity contribution is 7.80. The molecule has 0 amide bonds. The van der Waals surface area contributed by atoms with Crippen molar-refractivity contribution in [3.8, 4) is 12.5 Å². The average Bonchev–Trinajstić information content (AvgIpc) is 1.35. The fourth-order valence-electron chi connectivity index (χ4n) is 0.0909. The van der Waals surface area contributed by atoms with Gasteiger partial charge in [-0.2, -0.15) is 5.32 Å². The Balaban J connectivity index is 3.13. The van der Waals surface area contributed by atoms with E-state index in [1.807, 2.05) is 0 Å². The fraction of sp³-hybridized carbons (Fsp3) is 0.250. The third kappa shape index (κ3) is 3.45. The molecule has 0 rings (SSSR count). The summed E-state index contributed by atoms with van der Waals surface area (Å²) in [5.41, 5.74) is 0. The van der Waals surface area contributed by atoms with Gasteiger partial charge in [-0.1, -0.05) is 18.6 Å². The number of hydrogen-bond acceptors (Lipinski definition) is 1. The SMILES string of the molecule is C#C[N]C(C)=S. The van der Waals surface area contributed by atoms with Crippen LogP contribution in [0.15, 0.2) is 0 Å². The van der Waals surface area contributed by atoms with Crippen LogP contribution < -0.4 is 5.32 Å². The summed E-state index contributed by atoms with van der Waals surface area (Å²) in [6, 6.07) is 2.05. The zero-order valence-corrected chi connectivity index (χ0v) is 4.25. The fourth-order valence-corrected chi connectivity index (χ4v) is 0.144. The number of rotatable bonds is 0. The van der Waals surface area contributed by atoms with Crippen molar-refractivity contribution in [2.24, 2.45) is 0 Å². The second-order valence-electron chi connectivity index (χ2n) is 0.760. The lowest BCUT2D eigenvalue weighted by Crippen LogP contribution is -1.98. The molecule has 0 saturated carbocycles. The van der Waals surface area contributed by atoms with E-state index >= 15 is 0 Å². The highest BCUT2D eigenvalue weighted by Gasteiger charge is 1.74. The van der Waals surface area contributed by atoms with Gasteiger partial charge in [0.1, 0.15) is 4.99 Å². The molecule has 0 aromatic heterocycles. The lowest BCUT2D eigenvalue weighted by atomic mass is 10.8. The molecule has 0 atom stereocenters. The predicted octanol–water partition coefficient (Wildman–Crippen LogP) is 0.529. The summed E-state index contributed by atoms with van der Waals surface area (Å²) in [4.78, 5) is 0.512. The van der Waals surface area contributed by atoms with E-state index in [-0.39, 0.29) is 0 Å². The van der Waals surface area contributed by atoms with Crippen molar-refractivity contribution in [3.05, 3.63) is 0 Å².